The summed E-state index contributed by atoms with van der Waals surface area (Å²) in [5, 5.41) is 3.20. The van der Waals surface area contributed by atoms with E-state index < -0.39 is 0 Å². The van der Waals surface area contributed by atoms with E-state index in [1.165, 1.54) is 0 Å². The van der Waals surface area contributed by atoms with Gasteiger partial charge in [-0.3, -0.25) is 4.79 Å². The van der Waals surface area contributed by atoms with Gasteiger partial charge in [-0.15, -0.1) is 0 Å². The van der Waals surface area contributed by atoms with Gasteiger partial charge >= 0.3 is 0 Å². The Hall–Kier alpha value is -1.32. The molecule has 1 aliphatic heterocycles. The maximum Gasteiger partial charge on any atom is 0.256 e. The minimum Gasteiger partial charge on any atom is -0.370 e. The summed E-state index contributed by atoms with van der Waals surface area (Å²) in [5.74, 6) is 2.25. The van der Waals surface area contributed by atoms with Crippen LogP contribution in [0.4, 0.5) is 5.82 Å². The number of aromatic nitrogens is 2. The van der Waals surface area contributed by atoms with Crippen LogP contribution in [0.3, 0.4) is 0 Å². The molecule has 1 aliphatic rings. The monoisotopic (exact) mass is 221 g/mol. The summed E-state index contributed by atoms with van der Waals surface area (Å²) in [4.78, 5) is 19.2. The van der Waals surface area contributed by atoms with Gasteiger partial charge in [0, 0.05) is 13.0 Å². The molecule has 0 spiro atoms. The fourth-order valence-electron chi connectivity index (χ4n) is 1.94. The van der Waals surface area contributed by atoms with E-state index in [0.717, 1.165) is 49.4 Å². The molecule has 4 nitrogen and oxygen atoms in total. The first-order valence-electron chi connectivity index (χ1n) is 6.02. The third kappa shape index (κ3) is 2.43. The van der Waals surface area contributed by atoms with Crippen LogP contribution in [-0.2, 0) is 12.8 Å². The van der Waals surface area contributed by atoms with Gasteiger partial charge in [-0.25, -0.2) is 4.98 Å². The van der Waals surface area contributed by atoms with E-state index in [9.17, 15) is 4.79 Å². The summed E-state index contributed by atoms with van der Waals surface area (Å²) in [7, 11) is 0. The first kappa shape index (κ1) is 11.2. The van der Waals surface area contributed by atoms with Gasteiger partial charge in [0.1, 0.15) is 11.6 Å². The molecule has 0 unspecified atom stereocenters. The molecule has 88 valence electrons. The number of aromatic amines is 1. The zero-order valence-corrected chi connectivity index (χ0v) is 9.97. The Kier molecular flexibility index (Phi) is 3.27. The number of nitrogens with one attached hydrogen (secondary N) is 2. The highest BCUT2D eigenvalue weighted by Gasteiger charge is 2.14. The number of H-pyrrole nitrogens is 1. The van der Waals surface area contributed by atoms with Crippen molar-refractivity contribution in [1.29, 1.82) is 0 Å². The Bertz CT molecular complexity index is 423. The van der Waals surface area contributed by atoms with Gasteiger partial charge < -0.3 is 10.3 Å². The largest absolute Gasteiger partial charge is 0.370 e. The van der Waals surface area contributed by atoms with Crippen LogP contribution in [0.5, 0.6) is 0 Å². The standard InChI is InChI=1S/C12H19N3O/c1-8(2)5-6-10-14-11-9(12(16)15-10)4-3-7-13-11/h8H,3-7H2,1-2H3,(H2,13,14,15,16). The van der Waals surface area contributed by atoms with Crippen LogP contribution in [0.1, 0.15) is 38.1 Å². The molecular formula is C12H19N3O. The highest BCUT2D eigenvalue weighted by Crippen LogP contribution is 2.15. The molecule has 2 heterocycles. The van der Waals surface area contributed by atoms with Crippen molar-refractivity contribution in [3.05, 3.63) is 21.7 Å². The summed E-state index contributed by atoms with van der Waals surface area (Å²) in [6, 6.07) is 0. The lowest BCUT2D eigenvalue weighted by Gasteiger charge is -2.16. The first-order valence-corrected chi connectivity index (χ1v) is 6.02. The van der Waals surface area contributed by atoms with Gasteiger partial charge in [-0.05, 0) is 25.2 Å². The lowest BCUT2D eigenvalue weighted by molar-refractivity contribution is 0.573. The number of fused-ring (bicyclic) bond motifs is 1. The van der Waals surface area contributed by atoms with Crippen LogP contribution < -0.4 is 10.9 Å². The average molecular weight is 221 g/mol. The van der Waals surface area contributed by atoms with E-state index in [2.05, 4.69) is 29.1 Å². The molecule has 2 rings (SSSR count). The first-order chi connectivity index (χ1) is 7.66. The van der Waals surface area contributed by atoms with Crippen molar-refractivity contribution in [3.63, 3.8) is 0 Å². The van der Waals surface area contributed by atoms with Crippen molar-refractivity contribution < 1.29 is 0 Å². The third-order valence-electron chi connectivity index (χ3n) is 2.92. The van der Waals surface area contributed by atoms with Crippen LogP contribution in [0, 0.1) is 5.92 Å². The van der Waals surface area contributed by atoms with Crippen LogP contribution >= 0.6 is 0 Å². The van der Waals surface area contributed by atoms with Crippen molar-refractivity contribution in [1.82, 2.24) is 9.97 Å². The van der Waals surface area contributed by atoms with E-state index in [4.69, 9.17) is 0 Å². The van der Waals surface area contributed by atoms with Crippen LogP contribution in [0.25, 0.3) is 0 Å². The van der Waals surface area contributed by atoms with Crippen molar-refractivity contribution in [2.45, 2.75) is 39.5 Å². The Labute approximate surface area is 95.5 Å². The predicted molar refractivity (Wildman–Crippen MR) is 64.8 cm³/mol. The van der Waals surface area contributed by atoms with Gasteiger partial charge in [0.25, 0.3) is 5.56 Å². The second-order valence-electron chi connectivity index (χ2n) is 4.80. The Morgan fingerprint density at radius 1 is 1.44 bits per heavy atom. The predicted octanol–water partition coefficient (Wildman–Crippen LogP) is 1.72. The van der Waals surface area contributed by atoms with Crippen molar-refractivity contribution in [2.24, 2.45) is 5.92 Å². The van der Waals surface area contributed by atoms with Gasteiger partial charge in [0.2, 0.25) is 0 Å². The van der Waals surface area contributed by atoms with Gasteiger partial charge in [0.15, 0.2) is 0 Å². The summed E-state index contributed by atoms with van der Waals surface area (Å²) in [5.41, 5.74) is 0.857. The molecule has 4 heteroatoms. The Morgan fingerprint density at radius 2 is 2.25 bits per heavy atom. The van der Waals surface area contributed by atoms with Gasteiger partial charge in [0.05, 0.1) is 5.56 Å². The molecule has 2 N–H and O–H groups in total. The lowest BCUT2D eigenvalue weighted by Crippen LogP contribution is -2.25. The van der Waals surface area contributed by atoms with E-state index in [1.54, 1.807) is 0 Å². The lowest BCUT2D eigenvalue weighted by atomic mass is 10.1. The normalized spacial score (nSPS) is 14.7. The molecule has 0 radical (unpaired) electrons. The summed E-state index contributed by atoms with van der Waals surface area (Å²) in [6.07, 6.45) is 3.77. The number of hydrogen-bond acceptors (Lipinski definition) is 3. The zero-order valence-electron chi connectivity index (χ0n) is 9.97. The summed E-state index contributed by atoms with van der Waals surface area (Å²) in [6.45, 7) is 5.27. The average Bonchev–Trinajstić information content (AvgIpc) is 2.26. The summed E-state index contributed by atoms with van der Waals surface area (Å²) >= 11 is 0. The smallest absolute Gasteiger partial charge is 0.256 e. The van der Waals surface area contributed by atoms with Crippen molar-refractivity contribution >= 4 is 5.82 Å². The van der Waals surface area contributed by atoms with Crippen LogP contribution in [0.2, 0.25) is 0 Å². The van der Waals surface area contributed by atoms with E-state index in [1.807, 2.05) is 0 Å². The number of nitrogens with zero attached hydrogens (tertiary/aromatic N) is 1. The Balaban J connectivity index is 2.22. The molecule has 1 aromatic heterocycles. The highest BCUT2D eigenvalue weighted by atomic mass is 16.1. The molecule has 0 atom stereocenters. The second-order valence-corrected chi connectivity index (χ2v) is 4.80. The molecule has 0 fully saturated rings. The fourth-order valence-corrected chi connectivity index (χ4v) is 1.94. The fraction of sp³-hybridized carbons (Fsp3) is 0.667. The van der Waals surface area contributed by atoms with Gasteiger partial charge in [-0.1, -0.05) is 13.8 Å². The molecule has 0 saturated carbocycles. The SMILES string of the molecule is CC(C)CCc1nc2c(c(=O)[nH]1)CCCN2. The maximum atomic E-state index is 11.8. The van der Waals surface area contributed by atoms with Crippen LogP contribution in [-0.4, -0.2) is 16.5 Å². The topological polar surface area (TPSA) is 57.8 Å². The van der Waals surface area contributed by atoms with Crippen molar-refractivity contribution in [3.8, 4) is 0 Å². The molecule has 16 heavy (non-hydrogen) atoms. The number of anilines is 1. The number of hydrogen-bond donors (Lipinski definition) is 2. The second kappa shape index (κ2) is 4.68. The molecule has 0 amide bonds. The quantitative estimate of drug-likeness (QED) is 0.817. The van der Waals surface area contributed by atoms with E-state index in [0.29, 0.717) is 5.92 Å². The van der Waals surface area contributed by atoms with Gasteiger partial charge in [-0.2, -0.15) is 0 Å². The third-order valence-corrected chi connectivity index (χ3v) is 2.92. The molecular weight excluding hydrogens is 202 g/mol. The highest BCUT2D eigenvalue weighted by molar-refractivity contribution is 5.44. The number of aryl methyl sites for hydroxylation is 1. The zero-order chi connectivity index (χ0) is 11.5. The Morgan fingerprint density at radius 3 is 3.00 bits per heavy atom. The maximum absolute atomic E-state index is 11.8. The minimum absolute atomic E-state index is 0.0379. The number of rotatable bonds is 3. The van der Waals surface area contributed by atoms with Crippen LogP contribution in [0.15, 0.2) is 4.79 Å². The summed E-state index contributed by atoms with van der Waals surface area (Å²) < 4.78 is 0. The van der Waals surface area contributed by atoms with E-state index >= 15 is 0 Å². The van der Waals surface area contributed by atoms with Crippen molar-refractivity contribution in [2.75, 3.05) is 11.9 Å². The molecule has 0 bridgehead atoms. The molecule has 0 saturated heterocycles. The van der Waals surface area contributed by atoms with E-state index in [-0.39, 0.29) is 5.56 Å². The molecule has 1 aromatic rings. The molecule has 0 aromatic carbocycles. The molecule has 0 aliphatic carbocycles. The minimum atomic E-state index is 0.0379.